The van der Waals surface area contributed by atoms with Crippen molar-refractivity contribution in [3.8, 4) is 0 Å². The first-order valence-corrected chi connectivity index (χ1v) is 4.96. The number of hydrogen-bond acceptors (Lipinski definition) is 3. The van der Waals surface area contributed by atoms with Crippen molar-refractivity contribution in [1.82, 2.24) is 4.98 Å². The van der Waals surface area contributed by atoms with Gasteiger partial charge in [-0.15, -0.1) is 6.58 Å². The van der Waals surface area contributed by atoms with Crippen molar-refractivity contribution < 1.29 is 23.1 Å². The highest BCUT2D eigenvalue weighted by Crippen LogP contribution is 2.29. The van der Waals surface area contributed by atoms with Crippen LogP contribution in [0.3, 0.4) is 0 Å². The number of aromatic carboxylic acids is 1. The third-order valence-electron chi connectivity index (χ3n) is 2.13. The Kier molecular flexibility index (Phi) is 3.95. The molecule has 2 N–H and O–H groups in total. The van der Waals surface area contributed by atoms with Gasteiger partial charge in [0.15, 0.2) is 0 Å². The van der Waals surface area contributed by atoms with Gasteiger partial charge in [-0.25, -0.2) is 9.78 Å². The molecule has 1 aromatic heterocycles. The molecule has 0 aliphatic carbocycles. The van der Waals surface area contributed by atoms with Crippen LogP contribution in [0, 0.1) is 0 Å². The van der Waals surface area contributed by atoms with Gasteiger partial charge in [0.2, 0.25) is 0 Å². The molecule has 0 saturated carbocycles. The van der Waals surface area contributed by atoms with E-state index in [0.29, 0.717) is 6.07 Å². The second-order valence-corrected chi connectivity index (χ2v) is 3.56. The van der Waals surface area contributed by atoms with E-state index in [9.17, 15) is 18.0 Å². The van der Waals surface area contributed by atoms with Crippen LogP contribution >= 0.6 is 0 Å². The average molecular weight is 260 g/mol. The monoisotopic (exact) mass is 260 g/mol. The number of pyridine rings is 1. The predicted molar refractivity (Wildman–Crippen MR) is 59.5 cm³/mol. The lowest BCUT2D eigenvalue weighted by molar-refractivity contribution is -0.141. The van der Waals surface area contributed by atoms with Crippen LogP contribution in [0.1, 0.15) is 23.0 Å². The molecule has 4 nitrogen and oxygen atoms in total. The molecule has 0 amide bonds. The van der Waals surface area contributed by atoms with Crippen LogP contribution in [-0.2, 0) is 6.18 Å². The molecular formula is C11H11F3N2O2. The summed E-state index contributed by atoms with van der Waals surface area (Å²) in [7, 11) is 0. The molecule has 0 saturated heterocycles. The lowest BCUT2D eigenvalue weighted by atomic mass is 10.2. The van der Waals surface area contributed by atoms with Gasteiger partial charge in [-0.3, -0.25) is 0 Å². The molecule has 0 bridgehead atoms. The summed E-state index contributed by atoms with van der Waals surface area (Å²) in [5, 5.41) is 11.4. The fraction of sp³-hybridized carbons (Fsp3) is 0.273. The zero-order chi connectivity index (χ0) is 13.9. The summed E-state index contributed by atoms with van der Waals surface area (Å²) in [6, 6.07) is 1.10. The van der Waals surface area contributed by atoms with Crippen LogP contribution in [0.4, 0.5) is 19.0 Å². The number of carboxylic acid groups (broad SMARTS) is 1. The molecule has 0 aliphatic rings. The van der Waals surface area contributed by atoms with Crippen molar-refractivity contribution in [3.63, 3.8) is 0 Å². The molecule has 1 rings (SSSR count). The Morgan fingerprint density at radius 1 is 1.56 bits per heavy atom. The van der Waals surface area contributed by atoms with E-state index in [0.717, 1.165) is 6.07 Å². The third kappa shape index (κ3) is 3.22. The van der Waals surface area contributed by atoms with Gasteiger partial charge in [0.25, 0.3) is 0 Å². The Balaban J connectivity index is 3.24. The van der Waals surface area contributed by atoms with Gasteiger partial charge in [0.1, 0.15) is 17.1 Å². The number of carbonyl (C=O) groups is 1. The Bertz CT molecular complexity index is 472. The standard InChI is InChI=1S/C11H11F3N2O2/c1-3-6(2)15-9-7(10(17)18)4-5-8(16-9)11(12,13)14/h3-6H,1H2,2H3,(H,15,16)(H,17,18). The zero-order valence-electron chi connectivity index (χ0n) is 9.45. The van der Waals surface area contributed by atoms with Crippen molar-refractivity contribution in [2.24, 2.45) is 0 Å². The van der Waals surface area contributed by atoms with Crippen LogP contribution in [0.15, 0.2) is 24.8 Å². The summed E-state index contributed by atoms with van der Waals surface area (Å²) in [4.78, 5) is 14.2. The summed E-state index contributed by atoms with van der Waals surface area (Å²) in [6.07, 6.45) is -3.20. The van der Waals surface area contributed by atoms with Crippen LogP contribution in [0.2, 0.25) is 0 Å². The molecule has 1 aromatic rings. The number of hydrogen-bond donors (Lipinski definition) is 2. The van der Waals surface area contributed by atoms with Gasteiger partial charge in [-0.1, -0.05) is 6.08 Å². The number of alkyl halides is 3. The summed E-state index contributed by atoms with van der Waals surface area (Å²) in [6.45, 7) is 5.05. The minimum absolute atomic E-state index is 0.322. The fourth-order valence-corrected chi connectivity index (χ4v) is 1.17. The van der Waals surface area contributed by atoms with Crippen LogP contribution in [0.25, 0.3) is 0 Å². The van der Waals surface area contributed by atoms with Crippen LogP contribution < -0.4 is 5.32 Å². The van der Waals surface area contributed by atoms with Gasteiger partial charge in [-0.05, 0) is 19.1 Å². The van der Waals surface area contributed by atoms with Crippen molar-refractivity contribution >= 4 is 11.8 Å². The molecule has 1 unspecified atom stereocenters. The van der Waals surface area contributed by atoms with E-state index in [1.54, 1.807) is 6.92 Å². The van der Waals surface area contributed by atoms with E-state index in [1.165, 1.54) is 6.08 Å². The van der Waals surface area contributed by atoms with Gasteiger partial charge >= 0.3 is 12.1 Å². The number of aromatic nitrogens is 1. The number of rotatable bonds is 4. The molecule has 0 aromatic carbocycles. The zero-order valence-corrected chi connectivity index (χ0v) is 9.45. The maximum Gasteiger partial charge on any atom is 0.433 e. The number of nitrogens with zero attached hydrogens (tertiary/aromatic N) is 1. The van der Waals surface area contributed by atoms with E-state index in [4.69, 9.17) is 5.11 Å². The lowest BCUT2D eigenvalue weighted by Gasteiger charge is -2.14. The first-order chi connectivity index (χ1) is 8.25. The Morgan fingerprint density at radius 2 is 2.17 bits per heavy atom. The molecule has 1 heterocycles. The number of carboxylic acids is 1. The summed E-state index contributed by atoms with van der Waals surface area (Å²) >= 11 is 0. The molecular weight excluding hydrogens is 249 g/mol. The quantitative estimate of drug-likeness (QED) is 0.817. The number of nitrogens with one attached hydrogen (secondary N) is 1. The van der Waals surface area contributed by atoms with Crippen LogP contribution in [0.5, 0.6) is 0 Å². The summed E-state index contributed by atoms with van der Waals surface area (Å²) in [5.74, 6) is -1.68. The van der Waals surface area contributed by atoms with Crippen molar-refractivity contribution in [3.05, 3.63) is 36.0 Å². The average Bonchev–Trinajstić information content (AvgIpc) is 2.27. The van der Waals surface area contributed by atoms with E-state index in [1.807, 2.05) is 0 Å². The van der Waals surface area contributed by atoms with Crippen molar-refractivity contribution in [1.29, 1.82) is 0 Å². The lowest BCUT2D eigenvalue weighted by Crippen LogP contribution is -2.18. The second kappa shape index (κ2) is 5.07. The van der Waals surface area contributed by atoms with Crippen molar-refractivity contribution in [2.75, 3.05) is 5.32 Å². The highest BCUT2D eigenvalue weighted by molar-refractivity contribution is 5.93. The fourth-order valence-electron chi connectivity index (χ4n) is 1.17. The maximum absolute atomic E-state index is 12.5. The predicted octanol–water partition coefficient (Wildman–Crippen LogP) is 2.79. The minimum atomic E-state index is -4.62. The molecule has 0 spiro atoms. The summed E-state index contributed by atoms with van der Waals surface area (Å²) in [5.41, 5.74) is -1.47. The highest BCUT2D eigenvalue weighted by Gasteiger charge is 2.33. The van der Waals surface area contributed by atoms with E-state index in [-0.39, 0.29) is 11.4 Å². The first-order valence-electron chi connectivity index (χ1n) is 4.96. The van der Waals surface area contributed by atoms with Gasteiger partial charge in [0, 0.05) is 6.04 Å². The molecule has 7 heteroatoms. The molecule has 1 atom stereocenters. The first kappa shape index (κ1) is 14.0. The molecule has 98 valence electrons. The molecule has 0 fully saturated rings. The second-order valence-electron chi connectivity index (χ2n) is 3.56. The van der Waals surface area contributed by atoms with Gasteiger partial charge in [0.05, 0.1) is 0 Å². The van der Waals surface area contributed by atoms with E-state index >= 15 is 0 Å². The highest BCUT2D eigenvalue weighted by atomic mass is 19.4. The Labute approximate surface area is 101 Å². The molecule has 18 heavy (non-hydrogen) atoms. The third-order valence-corrected chi connectivity index (χ3v) is 2.13. The van der Waals surface area contributed by atoms with E-state index < -0.39 is 23.9 Å². The van der Waals surface area contributed by atoms with Crippen molar-refractivity contribution in [2.45, 2.75) is 19.1 Å². The van der Waals surface area contributed by atoms with Gasteiger partial charge in [-0.2, -0.15) is 13.2 Å². The molecule has 0 aliphatic heterocycles. The Morgan fingerprint density at radius 3 is 2.61 bits per heavy atom. The Hall–Kier alpha value is -2.05. The van der Waals surface area contributed by atoms with Crippen LogP contribution in [-0.4, -0.2) is 22.1 Å². The maximum atomic E-state index is 12.5. The smallest absolute Gasteiger partial charge is 0.433 e. The summed E-state index contributed by atoms with van der Waals surface area (Å²) < 4.78 is 37.4. The van der Waals surface area contributed by atoms with E-state index in [2.05, 4.69) is 16.9 Å². The minimum Gasteiger partial charge on any atom is -0.478 e. The normalized spacial score (nSPS) is 12.9. The SMILES string of the molecule is C=CC(C)Nc1nc(C(F)(F)F)ccc1C(=O)O. The molecule has 0 radical (unpaired) electrons. The largest absolute Gasteiger partial charge is 0.478 e. The van der Waals surface area contributed by atoms with Gasteiger partial charge < -0.3 is 10.4 Å². The number of anilines is 1. The topological polar surface area (TPSA) is 62.2 Å². The number of halogens is 3.